The van der Waals surface area contributed by atoms with E-state index in [2.05, 4.69) is 0 Å². The third-order valence-corrected chi connectivity index (χ3v) is 6.49. The van der Waals surface area contributed by atoms with Gasteiger partial charge in [0.15, 0.2) is 0 Å². The van der Waals surface area contributed by atoms with Gasteiger partial charge in [-0.3, -0.25) is 9.59 Å². The maximum Gasteiger partial charge on any atom is 0.306 e. The average Bonchev–Trinajstić information content (AvgIpc) is 2.50. The molecular weight excluding hydrogens is 320 g/mol. The lowest BCUT2D eigenvalue weighted by molar-refractivity contribution is -0.150. The second-order valence-electron chi connectivity index (χ2n) is 5.96. The molecule has 2 saturated heterocycles. The first kappa shape index (κ1) is 18.0. The first-order valence-corrected chi connectivity index (χ1v) is 10.5. The van der Waals surface area contributed by atoms with Crippen LogP contribution in [0.25, 0.3) is 0 Å². The van der Waals surface area contributed by atoms with Gasteiger partial charge in [-0.1, -0.05) is 0 Å². The molecule has 2 rings (SSSR count). The normalized spacial score (nSPS) is 25.6. The number of esters is 2. The molecule has 0 amide bonds. The smallest absolute Gasteiger partial charge is 0.306 e. The van der Waals surface area contributed by atoms with Crippen molar-refractivity contribution in [3.8, 4) is 0 Å². The Balaban J connectivity index is 1.38. The Kier molecular flexibility index (Phi) is 8.52. The van der Waals surface area contributed by atoms with Crippen LogP contribution in [0.2, 0.25) is 0 Å². The number of carbonyl (C=O) groups is 2. The van der Waals surface area contributed by atoms with Crippen molar-refractivity contribution in [2.75, 3.05) is 36.2 Å². The minimum atomic E-state index is -0.0246. The first-order valence-electron chi connectivity index (χ1n) is 8.21. The molecule has 2 fully saturated rings. The van der Waals surface area contributed by atoms with Gasteiger partial charge in [0.05, 0.1) is 13.2 Å². The van der Waals surface area contributed by atoms with E-state index >= 15 is 0 Å². The molecule has 0 spiro atoms. The van der Waals surface area contributed by atoms with Crippen LogP contribution >= 0.6 is 23.5 Å². The first-order chi connectivity index (χ1) is 10.7. The zero-order chi connectivity index (χ0) is 15.6. The minimum absolute atomic E-state index is 0.0246. The fourth-order valence-electron chi connectivity index (χ4n) is 2.79. The molecule has 0 N–H and O–H groups in total. The second-order valence-corrected chi connectivity index (χ2v) is 8.41. The minimum Gasteiger partial charge on any atom is -0.466 e. The van der Waals surface area contributed by atoms with Gasteiger partial charge in [-0.25, -0.2) is 0 Å². The summed E-state index contributed by atoms with van der Waals surface area (Å²) < 4.78 is 9.92. The molecule has 2 unspecified atom stereocenters. The summed E-state index contributed by atoms with van der Waals surface area (Å²) in [6.07, 6.45) is 5.55. The molecule has 0 radical (unpaired) electrons. The number of ether oxygens (including phenoxy) is 2. The van der Waals surface area contributed by atoms with Crippen molar-refractivity contribution in [2.45, 2.75) is 38.5 Å². The number of carbonyl (C=O) groups excluding carboxylic acids is 2. The van der Waals surface area contributed by atoms with Crippen LogP contribution in [0, 0.1) is 11.8 Å². The molecule has 4 nitrogen and oxygen atoms in total. The summed E-state index contributed by atoms with van der Waals surface area (Å²) in [6, 6.07) is 0. The fourth-order valence-corrected chi connectivity index (χ4v) is 5.14. The Morgan fingerprint density at radius 2 is 1.23 bits per heavy atom. The van der Waals surface area contributed by atoms with Crippen molar-refractivity contribution in [2.24, 2.45) is 11.8 Å². The molecule has 126 valence electrons. The van der Waals surface area contributed by atoms with E-state index in [0.717, 1.165) is 37.2 Å². The summed E-state index contributed by atoms with van der Waals surface area (Å²) in [4.78, 5) is 22.3. The summed E-state index contributed by atoms with van der Waals surface area (Å²) in [6.45, 7) is 1.22. The van der Waals surface area contributed by atoms with Gasteiger partial charge in [0.2, 0.25) is 0 Å². The van der Waals surface area contributed by atoms with Crippen LogP contribution in [-0.4, -0.2) is 48.2 Å². The van der Waals surface area contributed by atoms with E-state index in [-0.39, 0.29) is 11.9 Å². The largest absolute Gasteiger partial charge is 0.466 e. The van der Waals surface area contributed by atoms with Gasteiger partial charge in [-0.2, -0.15) is 23.5 Å². The lowest BCUT2D eigenvalue weighted by Crippen LogP contribution is -2.21. The van der Waals surface area contributed by atoms with Crippen LogP contribution in [0.1, 0.15) is 38.5 Å². The van der Waals surface area contributed by atoms with Gasteiger partial charge in [0, 0.05) is 24.3 Å². The van der Waals surface area contributed by atoms with Crippen LogP contribution in [-0.2, 0) is 19.1 Å². The van der Waals surface area contributed by atoms with Gasteiger partial charge < -0.3 is 9.47 Å². The van der Waals surface area contributed by atoms with Crippen molar-refractivity contribution >= 4 is 35.5 Å². The maximum absolute atomic E-state index is 11.2. The Labute approximate surface area is 141 Å². The van der Waals surface area contributed by atoms with Gasteiger partial charge in [-0.15, -0.1) is 0 Å². The topological polar surface area (TPSA) is 52.6 Å². The highest BCUT2D eigenvalue weighted by molar-refractivity contribution is 8.02. The van der Waals surface area contributed by atoms with Crippen LogP contribution in [0.3, 0.4) is 0 Å². The van der Waals surface area contributed by atoms with Crippen LogP contribution in [0.5, 0.6) is 0 Å². The van der Waals surface area contributed by atoms with Crippen molar-refractivity contribution in [3.05, 3.63) is 0 Å². The summed E-state index contributed by atoms with van der Waals surface area (Å²) in [7, 11) is 0. The number of cyclic esters (lactones) is 2. The predicted octanol–water partition coefficient (Wildman–Crippen LogP) is 3.14. The van der Waals surface area contributed by atoms with Gasteiger partial charge in [0.25, 0.3) is 0 Å². The summed E-state index contributed by atoms with van der Waals surface area (Å²) in [5.74, 6) is 5.66. The van der Waals surface area contributed by atoms with E-state index in [0.29, 0.717) is 37.9 Å². The summed E-state index contributed by atoms with van der Waals surface area (Å²) in [5.41, 5.74) is 0. The van der Waals surface area contributed by atoms with Gasteiger partial charge in [0.1, 0.15) is 0 Å². The van der Waals surface area contributed by atoms with Gasteiger partial charge >= 0.3 is 11.9 Å². The predicted molar refractivity (Wildman–Crippen MR) is 91.3 cm³/mol. The molecular formula is C16H26O4S2. The third-order valence-electron chi connectivity index (χ3n) is 4.20. The number of hydrogen-bond acceptors (Lipinski definition) is 6. The molecule has 2 heterocycles. The molecule has 0 bridgehead atoms. The molecule has 2 atom stereocenters. The van der Waals surface area contributed by atoms with Crippen molar-refractivity contribution in [1.29, 1.82) is 0 Å². The van der Waals surface area contributed by atoms with Crippen LogP contribution in [0.4, 0.5) is 0 Å². The van der Waals surface area contributed by atoms with Crippen molar-refractivity contribution in [3.63, 3.8) is 0 Å². The molecule has 0 saturated carbocycles. The Hall–Kier alpha value is -0.360. The Bertz CT molecular complexity index is 328. The van der Waals surface area contributed by atoms with E-state index in [1.165, 1.54) is 11.5 Å². The fraction of sp³-hybridized carbons (Fsp3) is 0.875. The molecule has 0 aliphatic carbocycles. The number of hydrogen-bond donors (Lipinski definition) is 0. The van der Waals surface area contributed by atoms with E-state index in [1.807, 2.05) is 23.5 Å². The quantitative estimate of drug-likeness (QED) is 0.472. The summed E-state index contributed by atoms with van der Waals surface area (Å²) in [5, 5.41) is 0. The zero-order valence-electron chi connectivity index (χ0n) is 13.1. The molecule has 2 aliphatic rings. The molecule has 0 aromatic carbocycles. The highest BCUT2D eigenvalue weighted by Gasteiger charge is 2.21. The van der Waals surface area contributed by atoms with E-state index < -0.39 is 0 Å². The summed E-state index contributed by atoms with van der Waals surface area (Å²) >= 11 is 3.97. The monoisotopic (exact) mass is 346 g/mol. The van der Waals surface area contributed by atoms with E-state index in [1.54, 1.807) is 0 Å². The van der Waals surface area contributed by atoms with Crippen LogP contribution < -0.4 is 0 Å². The van der Waals surface area contributed by atoms with Crippen LogP contribution in [0.15, 0.2) is 0 Å². The Morgan fingerprint density at radius 1 is 0.773 bits per heavy atom. The van der Waals surface area contributed by atoms with Gasteiger partial charge in [-0.05, 0) is 49.0 Å². The number of thioether (sulfide) groups is 2. The molecule has 0 aromatic heterocycles. The third kappa shape index (κ3) is 7.27. The highest BCUT2D eigenvalue weighted by Crippen LogP contribution is 2.23. The SMILES string of the molecule is O=C1CC(CCSCCSCCC2CCOC(=O)C2)CCO1. The van der Waals surface area contributed by atoms with Crippen molar-refractivity contribution < 1.29 is 19.1 Å². The molecule has 2 aliphatic heterocycles. The molecule has 22 heavy (non-hydrogen) atoms. The molecule has 6 heteroatoms. The lowest BCUT2D eigenvalue weighted by atomic mass is 9.97. The zero-order valence-corrected chi connectivity index (χ0v) is 14.7. The van der Waals surface area contributed by atoms with E-state index in [9.17, 15) is 9.59 Å². The standard InChI is InChI=1S/C16H26O4S2/c17-15-11-13(1-5-19-15)3-7-21-9-10-22-8-4-14-2-6-20-16(18)12-14/h13-14H,1-12H2. The van der Waals surface area contributed by atoms with Crippen molar-refractivity contribution in [1.82, 2.24) is 0 Å². The maximum atomic E-state index is 11.2. The number of rotatable bonds is 9. The Morgan fingerprint density at radius 3 is 1.64 bits per heavy atom. The van der Waals surface area contributed by atoms with E-state index in [4.69, 9.17) is 9.47 Å². The lowest BCUT2D eigenvalue weighted by Gasteiger charge is -2.21. The highest BCUT2D eigenvalue weighted by atomic mass is 32.2. The average molecular weight is 347 g/mol. The molecule has 0 aromatic rings. The second kappa shape index (κ2) is 10.4.